The van der Waals surface area contributed by atoms with Crippen LogP contribution >= 0.6 is 0 Å². The van der Waals surface area contributed by atoms with Gasteiger partial charge >= 0.3 is 0 Å². The van der Waals surface area contributed by atoms with E-state index in [1.54, 1.807) is 12.2 Å². The van der Waals surface area contributed by atoms with Crippen LogP contribution in [0.3, 0.4) is 0 Å². The van der Waals surface area contributed by atoms with Crippen LogP contribution in [0.1, 0.15) is 25.3 Å². The van der Waals surface area contributed by atoms with Gasteiger partial charge < -0.3 is 14.9 Å². The maximum absolute atomic E-state index is 9.88. The molecule has 0 saturated carbocycles. The molecule has 3 rings (SSSR count). The molecule has 0 spiro atoms. The molecule has 1 fully saturated rings. The lowest BCUT2D eigenvalue weighted by atomic mass is 9.79. The number of ether oxygens (including phenoxy) is 1. The molecule has 3 nitrogen and oxygen atoms in total. The van der Waals surface area contributed by atoms with E-state index in [0.717, 1.165) is 27.8 Å². The van der Waals surface area contributed by atoms with Crippen LogP contribution in [-0.4, -0.2) is 16.8 Å². The zero-order valence-corrected chi connectivity index (χ0v) is 16.8. The summed E-state index contributed by atoms with van der Waals surface area (Å²) in [5.74, 6) is 1.13. The van der Waals surface area contributed by atoms with Crippen LogP contribution in [0.2, 0.25) is 0 Å². The van der Waals surface area contributed by atoms with Gasteiger partial charge in [0.1, 0.15) is 17.3 Å². The monoisotopic (exact) mass is 386 g/mol. The molecular weight excluding hydrogens is 360 g/mol. The molecule has 1 heterocycles. The predicted molar refractivity (Wildman–Crippen MR) is 118 cm³/mol. The Kier molecular flexibility index (Phi) is 6.53. The van der Waals surface area contributed by atoms with E-state index in [-0.39, 0.29) is 18.3 Å². The Bertz CT molecular complexity index is 990. The SMILES string of the molecule is C=C(O)/C=C1\C(=C/C)OC(=C/C)/C(=C\CO)C1c1ccc(-c2ccccc2)cc1. The third kappa shape index (κ3) is 4.41. The molecule has 1 aliphatic heterocycles. The first kappa shape index (κ1) is 20.4. The maximum Gasteiger partial charge on any atom is 0.127 e. The van der Waals surface area contributed by atoms with E-state index in [1.165, 1.54) is 0 Å². The van der Waals surface area contributed by atoms with Gasteiger partial charge in [0.05, 0.1) is 6.61 Å². The quantitative estimate of drug-likeness (QED) is 0.616. The van der Waals surface area contributed by atoms with E-state index in [2.05, 4.69) is 43.0 Å². The summed E-state index contributed by atoms with van der Waals surface area (Å²) in [6.07, 6.45) is 7.15. The lowest BCUT2D eigenvalue weighted by Gasteiger charge is -2.33. The van der Waals surface area contributed by atoms with Crippen molar-refractivity contribution in [3.05, 3.63) is 119 Å². The zero-order valence-electron chi connectivity index (χ0n) is 16.8. The highest BCUT2D eigenvalue weighted by Crippen LogP contribution is 2.46. The summed E-state index contributed by atoms with van der Waals surface area (Å²) < 4.78 is 6.03. The molecule has 1 aliphatic rings. The molecule has 0 aliphatic carbocycles. The van der Waals surface area contributed by atoms with Crippen molar-refractivity contribution < 1.29 is 14.9 Å². The third-order valence-corrected chi connectivity index (χ3v) is 4.92. The summed E-state index contributed by atoms with van der Waals surface area (Å²) in [6.45, 7) is 7.32. The summed E-state index contributed by atoms with van der Waals surface area (Å²) in [5, 5.41) is 19.5. The Morgan fingerprint density at radius 2 is 1.52 bits per heavy atom. The summed E-state index contributed by atoms with van der Waals surface area (Å²) in [4.78, 5) is 0. The molecule has 0 amide bonds. The molecule has 2 aromatic carbocycles. The molecule has 1 saturated heterocycles. The smallest absolute Gasteiger partial charge is 0.127 e. The minimum atomic E-state index is -0.193. The lowest BCUT2D eigenvalue weighted by molar-refractivity contribution is 0.292. The van der Waals surface area contributed by atoms with Crippen molar-refractivity contribution in [2.45, 2.75) is 19.8 Å². The third-order valence-electron chi connectivity index (χ3n) is 4.92. The summed E-state index contributed by atoms with van der Waals surface area (Å²) >= 11 is 0. The topological polar surface area (TPSA) is 49.7 Å². The van der Waals surface area contributed by atoms with E-state index in [0.29, 0.717) is 11.5 Å². The molecule has 2 N–H and O–H groups in total. The first-order chi connectivity index (χ1) is 14.1. The second-order valence-corrected chi connectivity index (χ2v) is 6.76. The minimum absolute atomic E-state index is 0.0406. The van der Waals surface area contributed by atoms with Crippen molar-refractivity contribution >= 4 is 0 Å². The predicted octanol–water partition coefficient (Wildman–Crippen LogP) is 6.19. The Morgan fingerprint density at radius 3 is 2.07 bits per heavy atom. The Hall–Kier alpha value is -3.30. The van der Waals surface area contributed by atoms with Crippen LogP contribution in [0, 0.1) is 0 Å². The Labute approximate surface area is 172 Å². The highest BCUT2D eigenvalue weighted by Gasteiger charge is 2.33. The highest BCUT2D eigenvalue weighted by molar-refractivity contribution is 5.65. The Morgan fingerprint density at radius 1 is 0.931 bits per heavy atom. The minimum Gasteiger partial charge on any atom is -0.509 e. The fourth-order valence-electron chi connectivity index (χ4n) is 3.65. The highest BCUT2D eigenvalue weighted by atomic mass is 16.5. The van der Waals surface area contributed by atoms with Crippen LogP contribution in [-0.2, 0) is 4.74 Å². The first-order valence-corrected chi connectivity index (χ1v) is 9.66. The molecule has 2 aromatic rings. The fraction of sp³-hybridized carbons (Fsp3) is 0.154. The molecule has 0 radical (unpaired) electrons. The number of rotatable bonds is 4. The number of benzene rings is 2. The van der Waals surface area contributed by atoms with Gasteiger partial charge in [-0.25, -0.2) is 0 Å². The van der Waals surface area contributed by atoms with Crippen molar-refractivity contribution in [2.75, 3.05) is 6.61 Å². The van der Waals surface area contributed by atoms with Gasteiger partial charge in [-0.15, -0.1) is 0 Å². The second kappa shape index (κ2) is 9.26. The van der Waals surface area contributed by atoms with Crippen LogP contribution in [0.15, 0.2) is 114 Å². The molecule has 148 valence electrons. The van der Waals surface area contributed by atoms with Gasteiger partial charge in [0.15, 0.2) is 0 Å². The summed E-state index contributed by atoms with van der Waals surface area (Å²) in [7, 11) is 0. The van der Waals surface area contributed by atoms with Gasteiger partial charge in [0, 0.05) is 17.1 Å². The van der Waals surface area contributed by atoms with E-state index in [4.69, 9.17) is 4.74 Å². The van der Waals surface area contributed by atoms with Crippen LogP contribution in [0.25, 0.3) is 11.1 Å². The second-order valence-electron chi connectivity index (χ2n) is 6.76. The van der Waals surface area contributed by atoms with Crippen LogP contribution < -0.4 is 0 Å². The van der Waals surface area contributed by atoms with Crippen molar-refractivity contribution in [1.29, 1.82) is 0 Å². The van der Waals surface area contributed by atoms with Gasteiger partial charge in [-0.3, -0.25) is 0 Å². The lowest BCUT2D eigenvalue weighted by Crippen LogP contribution is -2.19. The molecule has 1 atom stereocenters. The van der Waals surface area contributed by atoms with Gasteiger partial charge in [0.25, 0.3) is 0 Å². The van der Waals surface area contributed by atoms with Gasteiger partial charge in [0.2, 0.25) is 0 Å². The first-order valence-electron chi connectivity index (χ1n) is 9.66. The van der Waals surface area contributed by atoms with E-state index in [1.807, 2.05) is 44.2 Å². The average molecular weight is 386 g/mol. The van der Waals surface area contributed by atoms with Gasteiger partial charge in [-0.2, -0.15) is 0 Å². The Balaban J connectivity index is 2.14. The van der Waals surface area contributed by atoms with Crippen molar-refractivity contribution in [2.24, 2.45) is 0 Å². The fourth-order valence-corrected chi connectivity index (χ4v) is 3.65. The van der Waals surface area contributed by atoms with Gasteiger partial charge in [-0.05, 0) is 48.8 Å². The zero-order chi connectivity index (χ0) is 20.8. The largest absolute Gasteiger partial charge is 0.509 e. The molecule has 3 heteroatoms. The number of allylic oxidation sites excluding steroid dienone is 5. The number of hydrogen-bond acceptors (Lipinski definition) is 3. The summed E-state index contributed by atoms with van der Waals surface area (Å²) in [5.41, 5.74) is 4.99. The number of hydrogen-bond donors (Lipinski definition) is 2. The molecule has 29 heavy (non-hydrogen) atoms. The van der Waals surface area contributed by atoms with Crippen LogP contribution in [0.4, 0.5) is 0 Å². The van der Waals surface area contributed by atoms with Crippen molar-refractivity contribution in [3.8, 4) is 11.1 Å². The molecule has 0 bridgehead atoms. The molecule has 0 aromatic heterocycles. The van der Waals surface area contributed by atoms with Gasteiger partial charge in [-0.1, -0.05) is 67.3 Å². The van der Waals surface area contributed by atoms with Crippen LogP contribution in [0.5, 0.6) is 0 Å². The number of aliphatic hydroxyl groups is 2. The summed E-state index contributed by atoms with van der Waals surface area (Å²) in [6, 6.07) is 18.6. The normalized spacial score (nSPS) is 22.2. The standard InChI is InChI=1S/C26H26O3/c1-4-24-22(15-16-27)26(23(17-18(3)28)25(5-2)29-24)21-13-11-20(12-14-21)19-9-7-6-8-10-19/h4-15,17,26-28H,3,16H2,1-2H3/b22-15+,23-17+,24-4+,25-5+. The maximum atomic E-state index is 9.88. The van der Waals surface area contributed by atoms with Crippen molar-refractivity contribution in [1.82, 2.24) is 0 Å². The average Bonchev–Trinajstić information content (AvgIpc) is 2.75. The molecule has 1 unspecified atom stereocenters. The molecular formula is C26H26O3. The van der Waals surface area contributed by atoms with E-state index < -0.39 is 0 Å². The van der Waals surface area contributed by atoms with E-state index in [9.17, 15) is 10.2 Å². The van der Waals surface area contributed by atoms with Crippen molar-refractivity contribution in [3.63, 3.8) is 0 Å². The van der Waals surface area contributed by atoms with E-state index >= 15 is 0 Å². The number of aliphatic hydroxyl groups excluding tert-OH is 2.